The monoisotopic (exact) mass is 369 g/mol. The van der Waals surface area contributed by atoms with Crippen LogP contribution in [0.15, 0.2) is 35.1 Å². The van der Waals surface area contributed by atoms with Crippen LogP contribution in [0.2, 0.25) is 5.15 Å². The number of nitro benzene ring substituents is 1. The summed E-state index contributed by atoms with van der Waals surface area (Å²) >= 11 is 9.03. The van der Waals surface area contributed by atoms with Crippen LogP contribution in [0.25, 0.3) is 5.78 Å². The van der Waals surface area contributed by atoms with Gasteiger partial charge in [0.15, 0.2) is 5.75 Å². The van der Waals surface area contributed by atoms with Gasteiger partial charge >= 0.3 is 0 Å². The van der Waals surface area contributed by atoms with Gasteiger partial charge in [-0.25, -0.2) is 0 Å². The number of fused-ring (bicyclic) bond motifs is 1. The summed E-state index contributed by atoms with van der Waals surface area (Å²) in [6, 6.07) is 5.89. The third-order valence-corrected chi connectivity index (χ3v) is 3.53. The third kappa shape index (κ3) is 2.52. The van der Waals surface area contributed by atoms with E-state index in [-0.39, 0.29) is 32.7 Å². The Kier molecular flexibility index (Phi) is 3.43. The summed E-state index contributed by atoms with van der Waals surface area (Å²) in [5, 5.41) is 15.0. The van der Waals surface area contributed by atoms with E-state index in [1.54, 1.807) is 6.07 Å². The Morgan fingerprint density at radius 3 is 3.00 bits per heavy atom. The second kappa shape index (κ2) is 5.26. The van der Waals surface area contributed by atoms with Gasteiger partial charge in [-0.15, -0.1) is 0 Å². The van der Waals surface area contributed by atoms with Gasteiger partial charge in [0.05, 0.1) is 4.92 Å². The maximum Gasteiger partial charge on any atom is 0.287 e. The fourth-order valence-electron chi connectivity index (χ4n) is 1.66. The van der Waals surface area contributed by atoms with Crippen molar-refractivity contribution < 1.29 is 9.66 Å². The maximum atomic E-state index is 10.9. The van der Waals surface area contributed by atoms with Crippen LogP contribution >= 0.6 is 27.5 Å². The molecule has 0 saturated heterocycles. The lowest BCUT2D eigenvalue weighted by molar-refractivity contribution is -0.385. The standard InChI is InChI=1S/C11H5BrClN5O3/c12-10-6(18(19)20)2-1-3-7(10)21-9-4-8(13)16-11-14-5-15-17(9)11/h1-5H. The topological polar surface area (TPSA) is 95.5 Å². The fraction of sp³-hybridized carbons (Fsp3) is 0. The zero-order valence-corrected chi connectivity index (χ0v) is 12.4. The summed E-state index contributed by atoms with van der Waals surface area (Å²) in [5.41, 5.74) is -0.109. The van der Waals surface area contributed by atoms with Crippen LogP contribution in [0.4, 0.5) is 5.69 Å². The molecule has 0 aliphatic carbocycles. The second-order valence-electron chi connectivity index (χ2n) is 3.84. The van der Waals surface area contributed by atoms with Gasteiger partial charge in [-0.05, 0) is 22.0 Å². The molecule has 2 heterocycles. The molecule has 0 N–H and O–H groups in total. The first-order valence-corrected chi connectivity index (χ1v) is 6.70. The average Bonchev–Trinajstić information content (AvgIpc) is 2.88. The minimum atomic E-state index is -0.512. The van der Waals surface area contributed by atoms with Crippen molar-refractivity contribution in [3.63, 3.8) is 0 Å². The average molecular weight is 371 g/mol. The fourth-order valence-corrected chi connectivity index (χ4v) is 2.32. The van der Waals surface area contributed by atoms with Crippen molar-refractivity contribution >= 4 is 39.0 Å². The molecule has 21 heavy (non-hydrogen) atoms. The minimum Gasteiger partial charge on any atom is -0.437 e. The predicted molar refractivity (Wildman–Crippen MR) is 76.7 cm³/mol. The molecule has 3 aromatic rings. The van der Waals surface area contributed by atoms with Crippen LogP contribution in [0.5, 0.6) is 11.6 Å². The number of benzene rings is 1. The van der Waals surface area contributed by atoms with Crippen molar-refractivity contribution in [2.45, 2.75) is 0 Å². The minimum absolute atomic E-state index is 0.109. The number of hydrogen-bond donors (Lipinski definition) is 0. The Morgan fingerprint density at radius 1 is 1.43 bits per heavy atom. The van der Waals surface area contributed by atoms with Crippen LogP contribution in [0, 0.1) is 10.1 Å². The lowest BCUT2D eigenvalue weighted by Gasteiger charge is -2.08. The molecule has 0 radical (unpaired) electrons. The van der Waals surface area contributed by atoms with Crippen molar-refractivity contribution in [3.05, 3.63) is 50.3 Å². The number of rotatable bonds is 3. The van der Waals surface area contributed by atoms with Gasteiger partial charge in [-0.2, -0.15) is 19.6 Å². The second-order valence-corrected chi connectivity index (χ2v) is 5.02. The van der Waals surface area contributed by atoms with Crippen LogP contribution in [-0.4, -0.2) is 24.5 Å². The molecule has 0 saturated carbocycles. The summed E-state index contributed by atoms with van der Waals surface area (Å²) in [6.45, 7) is 0. The molecular formula is C11H5BrClN5O3. The number of nitro groups is 1. The van der Waals surface area contributed by atoms with Crippen molar-refractivity contribution in [1.29, 1.82) is 0 Å². The Balaban J connectivity index is 2.09. The molecule has 3 rings (SSSR count). The number of halogens is 2. The zero-order valence-electron chi connectivity index (χ0n) is 10.1. The molecule has 0 unspecified atom stereocenters. The Labute approximate surface area is 130 Å². The first kappa shape index (κ1) is 13.7. The van der Waals surface area contributed by atoms with Crippen LogP contribution < -0.4 is 4.74 Å². The van der Waals surface area contributed by atoms with Crippen LogP contribution in [0.1, 0.15) is 0 Å². The van der Waals surface area contributed by atoms with Crippen LogP contribution in [-0.2, 0) is 0 Å². The normalized spacial score (nSPS) is 10.8. The van der Waals surface area contributed by atoms with Gasteiger partial charge in [0, 0.05) is 12.1 Å². The molecule has 0 bridgehead atoms. The van der Waals surface area contributed by atoms with Crippen molar-refractivity contribution in [1.82, 2.24) is 19.6 Å². The molecule has 10 heteroatoms. The van der Waals surface area contributed by atoms with Crippen molar-refractivity contribution in [2.75, 3.05) is 0 Å². The Bertz CT molecular complexity index is 853. The summed E-state index contributed by atoms with van der Waals surface area (Å²) in [5.74, 6) is 0.756. The Morgan fingerprint density at radius 2 is 2.24 bits per heavy atom. The van der Waals surface area contributed by atoms with E-state index in [9.17, 15) is 10.1 Å². The third-order valence-electron chi connectivity index (χ3n) is 2.54. The predicted octanol–water partition coefficient (Wildman–Crippen LogP) is 3.24. The van der Waals surface area contributed by atoms with E-state index < -0.39 is 4.92 Å². The van der Waals surface area contributed by atoms with Crippen molar-refractivity contribution in [2.24, 2.45) is 0 Å². The zero-order chi connectivity index (χ0) is 15.0. The van der Waals surface area contributed by atoms with Gasteiger partial charge in [-0.1, -0.05) is 17.7 Å². The highest BCUT2D eigenvalue weighted by atomic mass is 79.9. The number of ether oxygens (including phenoxy) is 1. The van der Waals surface area contributed by atoms with Gasteiger partial charge in [0.2, 0.25) is 5.88 Å². The van der Waals surface area contributed by atoms with E-state index in [1.807, 2.05) is 0 Å². The molecule has 106 valence electrons. The smallest absolute Gasteiger partial charge is 0.287 e. The molecule has 2 aromatic heterocycles. The molecule has 0 spiro atoms. The number of nitrogens with zero attached hydrogens (tertiary/aromatic N) is 5. The quantitative estimate of drug-likeness (QED) is 0.399. The number of aromatic nitrogens is 4. The highest BCUT2D eigenvalue weighted by Crippen LogP contribution is 2.36. The number of hydrogen-bond acceptors (Lipinski definition) is 6. The van der Waals surface area contributed by atoms with E-state index in [2.05, 4.69) is 31.0 Å². The molecular weight excluding hydrogens is 366 g/mol. The largest absolute Gasteiger partial charge is 0.437 e. The highest BCUT2D eigenvalue weighted by molar-refractivity contribution is 9.10. The summed E-state index contributed by atoms with van der Waals surface area (Å²) < 4.78 is 7.19. The SMILES string of the molecule is O=[N+]([O-])c1cccc(Oc2cc(Cl)nc3ncnn23)c1Br. The molecule has 0 fully saturated rings. The molecule has 8 nitrogen and oxygen atoms in total. The van der Waals surface area contributed by atoms with Crippen LogP contribution in [0.3, 0.4) is 0 Å². The lowest BCUT2D eigenvalue weighted by atomic mass is 10.3. The van der Waals surface area contributed by atoms with E-state index in [0.717, 1.165) is 0 Å². The van der Waals surface area contributed by atoms with Gasteiger partial charge in [0.1, 0.15) is 16.0 Å². The summed E-state index contributed by atoms with van der Waals surface area (Å²) in [7, 11) is 0. The van der Waals surface area contributed by atoms with Crippen molar-refractivity contribution in [3.8, 4) is 11.6 Å². The molecule has 0 amide bonds. The summed E-state index contributed by atoms with van der Waals surface area (Å²) in [4.78, 5) is 18.3. The van der Waals surface area contributed by atoms with Gasteiger partial charge in [-0.3, -0.25) is 10.1 Å². The highest BCUT2D eigenvalue weighted by Gasteiger charge is 2.18. The van der Waals surface area contributed by atoms with E-state index in [4.69, 9.17) is 16.3 Å². The lowest BCUT2D eigenvalue weighted by Crippen LogP contribution is -1.99. The molecule has 0 aliphatic heterocycles. The maximum absolute atomic E-state index is 10.9. The first-order valence-electron chi connectivity index (χ1n) is 5.53. The van der Waals surface area contributed by atoms with Gasteiger partial charge in [0.25, 0.3) is 11.5 Å². The molecule has 0 aliphatic rings. The van der Waals surface area contributed by atoms with E-state index in [1.165, 1.54) is 29.0 Å². The van der Waals surface area contributed by atoms with Gasteiger partial charge < -0.3 is 4.74 Å². The molecule has 0 atom stereocenters. The molecule has 1 aromatic carbocycles. The van der Waals surface area contributed by atoms with E-state index in [0.29, 0.717) is 0 Å². The van der Waals surface area contributed by atoms with E-state index >= 15 is 0 Å². The Hall–Kier alpha value is -2.26. The first-order chi connectivity index (χ1) is 10.1. The summed E-state index contributed by atoms with van der Waals surface area (Å²) in [6.07, 6.45) is 1.30.